The zero-order valence-electron chi connectivity index (χ0n) is 10.3. The van der Waals surface area contributed by atoms with Crippen LogP contribution in [0.25, 0.3) is 0 Å². The standard InChI is InChI=1S/C12H15FN2O2/c1-8(16)14-12(15(2)3)9-5-6-10(13)11(7-9)17-4/h5-7H,1-4H3. The first-order chi connectivity index (χ1) is 7.95. The number of hydrogen-bond donors (Lipinski definition) is 0. The van der Waals surface area contributed by atoms with Gasteiger partial charge in [0.2, 0.25) is 5.91 Å². The Labute approximate surface area is 99.7 Å². The van der Waals surface area contributed by atoms with Crippen molar-refractivity contribution in [3.63, 3.8) is 0 Å². The minimum absolute atomic E-state index is 0.126. The van der Waals surface area contributed by atoms with Crippen molar-refractivity contribution in [1.29, 1.82) is 0 Å². The summed E-state index contributed by atoms with van der Waals surface area (Å²) in [5.74, 6) is -0.162. The SMILES string of the molecule is COc1cc(C(=NC(C)=O)N(C)C)ccc1F. The van der Waals surface area contributed by atoms with Crippen molar-refractivity contribution < 1.29 is 13.9 Å². The van der Waals surface area contributed by atoms with Crippen LogP contribution < -0.4 is 4.74 Å². The van der Waals surface area contributed by atoms with Gasteiger partial charge in [0.05, 0.1) is 7.11 Å². The molecule has 92 valence electrons. The molecule has 0 bridgehead atoms. The third-order valence-corrected chi connectivity index (χ3v) is 2.10. The van der Waals surface area contributed by atoms with Crippen molar-refractivity contribution in [3.8, 4) is 5.75 Å². The number of rotatable bonds is 2. The summed E-state index contributed by atoms with van der Waals surface area (Å²) in [4.78, 5) is 16.6. The fourth-order valence-electron chi connectivity index (χ4n) is 1.37. The number of amidine groups is 1. The van der Waals surface area contributed by atoms with Crippen molar-refractivity contribution >= 4 is 11.7 Å². The normalized spacial score (nSPS) is 11.2. The van der Waals surface area contributed by atoms with Crippen LogP contribution in [-0.4, -0.2) is 37.8 Å². The molecular weight excluding hydrogens is 223 g/mol. The number of aliphatic imine (C=N–C) groups is 1. The second-order valence-corrected chi connectivity index (χ2v) is 3.70. The van der Waals surface area contributed by atoms with Crippen LogP contribution in [0.15, 0.2) is 23.2 Å². The minimum Gasteiger partial charge on any atom is -0.494 e. The van der Waals surface area contributed by atoms with Crippen LogP contribution in [0, 0.1) is 5.82 Å². The van der Waals surface area contributed by atoms with E-state index in [1.54, 1.807) is 25.1 Å². The van der Waals surface area contributed by atoms with Crippen LogP contribution >= 0.6 is 0 Å². The summed E-state index contributed by atoms with van der Waals surface area (Å²) < 4.78 is 18.1. The molecule has 0 atom stereocenters. The number of carbonyl (C=O) groups is 1. The number of benzene rings is 1. The van der Waals surface area contributed by atoms with Crippen LogP contribution in [0.3, 0.4) is 0 Å². The van der Waals surface area contributed by atoms with Crippen LogP contribution in [0.1, 0.15) is 12.5 Å². The molecule has 0 unspecified atom stereocenters. The van der Waals surface area contributed by atoms with E-state index in [0.717, 1.165) is 0 Å². The van der Waals surface area contributed by atoms with Crippen LogP contribution in [0.5, 0.6) is 5.75 Å². The molecule has 1 aromatic carbocycles. The highest BCUT2D eigenvalue weighted by molar-refractivity contribution is 6.04. The van der Waals surface area contributed by atoms with Crippen LogP contribution in [0.2, 0.25) is 0 Å². The van der Waals surface area contributed by atoms with E-state index in [1.165, 1.54) is 26.2 Å². The third-order valence-electron chi connectivity index (χ3n) is 2.10. The lowest BCUT2D eigenvalue weighted by molar-refractivity contribution is -0.115. The van der Waals surface area contributed by atoms with Gasteiger partial charge in [0.1, 0.15) is 5.84 Å². The number of halogens is 1. The maximum atomic E-state index is 13.3. The Bertz CT molecular complexity index is 456. The number of hydrogen-bond acceptors (Lipinski definition) is 2. The fraction of sp³-hybridized carbons (Fsp3) is 0.333. The first-order valence-electron chi connectivity index (χ1n) is 5.06. The number of methoxy groups -OCH3 is 1. The topological polar surface area (TPSA) is 41.9 Å². The molecule has 0 heterocycles. The molecular formula is C12H15FN2O2. The largest absolute Gasteiger partial charge is 0.494 e. The van der Waals surface area contributed by atoms with Gasteiger partial charge in [0.15, 0.2) is 11.6 Å². The first-order valence-corrected chi connectivity index (χ1v) is 5.06. The summed E-state index contributed by atoms with van der Waals surface area (Å²) in [6.07, 6.45) is 0. The highest BCUT2D eigenvalue weighted by Crippen LogP contribution is 2.19. The average molecular weight is 238 g/mol. The van der Waals surface area contributed by atoms with E-state index < -0.39 is 5.82 Å². The van der Waals surface area contributed by atoms with Gasteiger partial charge in [0, 0.05) is 26.6 Å². The molecule has 17 heavy (non-hydrogen) atoms. The van der Waals surface area contributed by atoms with Gasteiger partial charge in [0.25, 0.3) is 0 Å². The van der Waals surface area contributed by atoms with E-state index in [1.807, 2.05) is 0 Å². The minimum atomic E-state index is -0.447. The Morgan fingerprint density at radius 3 is 2.53 bits per heavy atom. The molecule has 0 saturated heterocycles. The summed E-state index contributed by atoms with van der Waals surface area (Å²) in [6, 6.07) is 4.35. The smallest absolute Gasteiger partial charge is 0.244 e. The van der Waals surface area contributed by atoms with Gasteiger partial charge < -0.3 is 9.64 Å². The lowest BCUT2D eigenvalue weighted by Gasteiger charge is -2.16. The highest BCUT2D eigenvalue weighted by atomic mass is 19.1. The number of carbonyl (C=O) groups excluding carboxylic acids is 1. The Morgan fingerprint density at radius 1 is 1.41 bits per heavy atom. The van der Waals surface area contributed by atoms with Crippen molar-refractivity contribution in [2.45, 2.75) is 6.92 Å². The van der Waals surface area contributed by atoms with Crippen molar-refractivity contribution in [2.24, 2.45) is 4.99 Å². The zero-order chi connectivity index (χ0) is 13.0. The Balaban J connectivity index is 3.25. The van der Waals surface area contributed by atoms with Crippen molar-refractivity contribution in [1.82, 2.24) is 4.90 Å². The molecule has 5 heteroatoms. The summed E-state index contributed by atoms with van der Waals surface area (Å²) in [7, 11) is 4.91. The third kappa shape index (κ3) is 3.27. The molecule has 0 fully saturated rings. The molecule has 1 amide bonds. The summed E-state index contributed by atoms with van der Waals surface area (Å²) in [5.41, 5.74) is 0.628. The van der Waals surface area contributed by atoms with Gasteiger partial charge in [-0.25, -0.2) is 4.39 Å². The van der Waals surface area contributed by atoms with Crippen molar-refractivity contribution in [3.05, 3.63) is 29.6 Å². The lowest BCUT2D eigenvalue weighted by Crippen LogP contribution is -2.24. The monoisotopic (exact) mass is 238 g/mol. The van der Waals surface area contributed by atoms with Gasteiger partial charge in [-0.3, -0.25) is 4.79 Å². The van der Waals surface area contributed by atoms with E-state index in [-0.39, 0.29) is 11.7 Å². The van der Waals surface area contributed by atoms with E-state index >= 15 is 0 Å². The zero-order valence-corrected chi connectivity index (χ0v) is 10.3. The maximum Gasteiger partial charge on any atom is 0.244 e. The Morgan fingerprint density at radius 2 is 2.06 bits per heavy atom. The Kier molecular flexibility index (Phi) is 4.20. The molecule has 0 aromatic heterocycles. The van der Waals surface area contributed by atoms with E-state index in [4.69, 9.17) is 4.74 Å². The Hall–Kier alpha value is -1.91. The predicted molar refractivity (Wildman–Crippen MR) is 63.9 cm³/mol. The molecule has 0 radical (unpaired) electrons. The average Bonchev–Trinajstić information content (AvgIpc) is 2.26. The molecule has 4 nitrogen and oxygen atoms in total. The summed E-state index contributed by atoms with van der Waals surface area (Å²) in [6.45, 7) is 1.37. The molecule has 0 N–H and O–H groups in total. The highest BCUT2D eigenvalue weighted by Gasteiger charge is 2.11. The van der Waals surface area contributed by atoms with Crippen molar-refractivity contribution in [2.75, 3.05) is 21.2 Å². The summed E-state index contributed by atoms with van der Waals surface area (Å²) >= 11 is 0. The van der Waals surface area contributed by atoms with E-state index in [9.17, 15) is 9.18 Å². The number of ether oxygens (including phenoxy) is 1. The number of amides is 1. The quantitative estimate of drug-likeness (QED) is 0.581. The second kappa shape index (κ2) is 5.43. The second-order valence-electron chi connectivity index (χ2n) is 3.70. The van der Waals surface area contributed by atoms with Gasteiger partial charge in [-0.15, -0.1) is 0 Å². The molecule has 1 aromatic rings. The molecule has 0 aliphatic heterocycles. The fourth-order valence-corrected chi connectivity index (χ4v) is 1.37. The molecule has 1 rings (SSSR count). The molecule has 0 spiro atoms. The van der Waals surface area contributed by atoms with Gasteiger partial charge in [-0.05, 0) is 18.2 Å². The lowest BCUT2D eigenvalue weighted by atomic mass is 10.2. The van der Waals surface area contributed by atoms with Crippen LogP contribution in [-0.2, 0) is 4.79 Å². The van der Waals surface area contributed by atoms with Crippen LogP contribution in [0.4, 0.5) is 4.39 Å². The van der Waals surface area contributed by atoms with E-state index in [2.05, 4.69) is 4.99 Å². The summed E-state index contributed by atoms with van der Waals surface area (Å²) in [5, 5.41) is 0. The maximum absolute atomic E-state index is 13.3. The van der Waals surface area contributed by atoms with Gasteiger partial charge >= 0.3 is 0 Å². The van der Waals surface area contributed by atoms with Gasteiger partial charge in [-0.1, -0.05) is 0 Å². The van der Waals surface area contributed by atoms with E-state index in [0.29, 0.717) is 11.4 Å². The van der Waals surface area contributed by atoms with Gasteiger partial charge in [-0.2, -0.15) is 4.99 Å². The predicted octanol–water partition coefficient (Wildman–Crippen LogP) is 1.69. The number of nitrogens with zero attached hydrogens (tertiary/aromatic N) is 2. The first kappa shape index (κ1) is 13.2. The molecule has 0 aliphatic carbocycles. The molecule has 0 aliphatic rings. The molecule has 0 saturated carbocycles.